The van der Waals surface area contributed by atoms with Crippen molar-refractivity contribution in [1.82, 2.24) is 0 Å². The van der Waals surface area contributed by atoms with Crippen LogP contribution < -0.4 is 18.9 Å². The summed E-state index contributed by atoms with van der Waals surface area (Å²) in [5.74, 6) is 2.38. The molecule has 0 aromatic heterocycles. The SMILES string of the molecule is OC(COc1ccccc1)COc1ccc2ccc(OCC(O)COc3ccccc3)c(Cl)c2c1. The average Bonchev–Trinajstić information content (AvgIpc) is 2.90. The molecule has 182 valence electrons. The van der Waals surface area contributed by atoms with E-state index in [1.54, 1.807) is 12.1 Å². The summed E-state index contributed by atoms with van der Waals surface area (Å²) in [6.45, 7) is 0.317. The summed E-state index contributed by atoms with van der Waals surface area (Å²) >= 11 is 6.59. The van der Waals surface area contributed by atoms with Gasteiger partial charge in [0.15, 0.2) is 0 Å². The second-order valence-electron chi connectivity index (χ2n) is 7.94. The standard InChI is InChI=1S/C28H27ClO6/c29-28-26-15-25(34-18-21(30)16-32-23-7-3-1-4-8-23)13-11-20(26)12-14-27(28)35-19-22(31)17-33-24-9-5-2-6-10-24/h1-15,21-22,30-31H,16-19H2. The van der Waals surface area contributed by atoms with Crippen molar-refractivity contribution in [1.29, 1.82) is 0 Å². The van der Waals surface area contributed by atoms with Crippen LogP contribution in [0.15, 0.2) is 91.0 Å². The fourth-order valence-electron chi connectivity index (χ4n) is 3.34. The number of benzene rings is 4. The van der Waals surface area contributed by atoms with Gasteiger partial charge in [-0.3, -0.25) is 0 Å². The van der Waals surface area contributed by atoms with Crippen LogP contribution >= 0.6 is 11.6 Å². The summed E-state index contributed by atoms with van der Waals surface area (Å²) < 4.78 is 22.6. The Bertz CT molecular complexity index is 1200. The van der Waals surface area contributed by atoms with Gasteiger partial charge in [0.25, 0.3) is 0 Å². The minimum atomic E-state index is -0.823. The molecule has 0 radical (unpaired) electrons. The maximum Gasteiger partial charge on any atom is 0.138 e. The molecular formula is C28H27ClO6. The Morgan fingerprint density at radius 2 is 1.06 bits per heavy atom. The molecule has 4 rings (SSSR count). The Hall–Kier alpha value is -3.45. The monoisotopic (exact) mass is 494 g/mol. The van der Waals surface area contributed by atoms with Crippen LogP contribution in [-0.2, 0) is 0 Å². The maximum atomic E-state index is 10.2. The smallest absolute Gasteiger partial charge is 0.138 e. The zero-order valence-corrected chi connectivity index (χ0v) is 19.8. The van der Waals surface area contributed by atoms with Crippen LogP contribution in [0.25, 0.3) is 10.8 Å². The Labute approximate surface area is 209 Å². The topological polar surface area (TPSA) is 77.4 Å². The lowest BCUT2D eigenvalue weighted by Gasteiger charge is -2.16. The fraction of sp³-hybridized carbons (Fsp3) is 0.214. The number of halogens is 1. The third kappa shape index (κ3) is 7.26. The summed E-state index contributed by atoms with van der Waals surface area (Å²) in [7, 11) is 0. The van der Waals surface area contributed by atoms with E-state index in [0.29, 0.717) is 28.0 Å². The van der Waals surface area contributed by atoms with Gasteiger partial charge in [-0.15, -0.1) is 0 Å². The molecule has 2 atom stereocenters. The molecule has 4 aromatic rings. The molecule has 2 N–H and O–H groups in total. The number of fused-ring (bicyclic) bond motifs is 1. The van der Waals surface area contributed by atoms with Crippen LogP contribution in [-0.4, -0.2) is 48.8 Å². The van der Waals surface area contributed by atoms with E-state index in [-0.39, 0.29) is 26.4 Å². The normalized spacial score (nSPS) is 12.7. The summed E-state index contributed by atoms with van der Waals surface area (Å²) in [4.78, 5) is 0. The summed E-state index contributed by atoms with van der Waals surface area (Å²) in [5.41, 5.74) is 0. The molecule has 4 aromatic carbocycles. The van der Waals surface area contributed by atoms with Crippen LogP contribution in [0, 0.1) is 0 Å². The molecule has 0 saturated heterocycles. The van der Waals surface area contributed by atoms with Gasteiger partial charge in [-0.1, -0.05) is 60.1 Å². The van der Waals surface area contributed by atoms with E-state index < -0.39 is 12.2 Å². The van der Waals surface area contributed by atoms with Gasteiger partial charge in [0.05, 0.1) is 5.02 Å². The second kappa shape index (κ2) is 12.3. The lowest BCUT2D eigenvalue weighted by molar-refractivity contribution is 0.0626. The van der Waals surface area contributed by atoms with Crippen molar-refractivity contribution in [3.63, 3.8) is 0 Å². The predicted molar refractivity (Wildman–Crippen MR) is 136 cm³/mol. The van der Waals surface area contributed by atoms with Gasteiger partial charge in [-0.2, -0.15) is 0 Å². The largest absolute Gasteiger partial charge is 0.491 e. The predicted octanol–water partition coefficient (Wildman–Crippen LogP) is 5.13. The number of aliphatic hydroxyl groups excluding tert-OH is 2. The molecule has 0 aliphatic rings. The molecule has 0 fully saturated rings. The van der Waals surface area contributed by atoms with E-state index in [0.717, 1.165) is 10.8 Å². The van der Waals surface area contributed by atoms with Crippen LogP contribution in [0.5, 0.6) is 23.0 Å². The molecular weight excluding hydrogens is 468 g/mol. The first kappa shape index (κ1) is 24.7. The van der Waals surface area contributed by atoms with Crippen molar-refractivity contribution in [3.8, 4) is 23.0 Å². The van der Waals surface area contributed by atoms with Gasteiger partial charge in [0.2, 0.25) is 0 Å². The van der Waals surface area contributed by atoms with E-state index >= 15 is 0 Å². The third-order valence-electron chi connectivity index (χ3n) is 5.14. The van der Waals surface area contributed by atoms with E-state index in [1.807, 2.05) is 78.9 Å². The Morgan fingerprint density at radius 3 is 1.63 bits per heavy atom. The Kier molecular flexibility index (Phi) is 8.68. The van der Waals surface area contributed by atoms with Gasteiger partial charge in [0, 0.05) is 5.39 Å². The van der Waals surface area contributed by atoms with Gasteiger partial charge >= 0.3 is 0 Å². The van der Waals surface area contributed by atoms with Gasteiger partial charge < -0.3 is 29.2 Å². The van der Waals surface area contributed by atoms with Crippen LogP contribution in [0.1, 0.15) is 0 Å². The molecule has 0 spiro atoms. The molecule has 2 unspecified atom stereocenters. The summed E-state index contributed by atoms with van der Waals surface area (Å²) in [6, 6.07) is 27.7. The lowest BCUT2D eigenvalue weighted by Crippen LogP contribution is -2.25. The third-order valence-corrected chi connectivity index (χ3v) is 5.53. The van der Waals surface area contributed by atoms with Crippen molar-refractivity contribution < 1.29 is 29.2 Å². The number of hydrogen-bond donors (Lipinski definition) is 2. The second-order valence-corrected chi connectivity index (χ2v) is 8.32. The molecule has 0 aliphatic heterocycles. The van der Waals surface area contributed by atoms with Crippen molar-refractivity contribution >= 4 is 22.4 Å². The number of hydrogen-bond acceptors (Lipinski definition) is 6. The quantitative estimate of drug-likeness (QED) is 0.284. The van der Waals surface area contributed by atoms with Gasteiger partial charge in [-0.05, 0) is 47.9 Å². The highest BCUT2D eigenvalue weighted by molar-refractivity contribution is 6.37. The number of rotatable bonds is 12. The fourth-order valence-corrected chi connectivity index (χ4v) is 3.62. The highest BCUT2D eigenvalue weighted by Crippen LogP contribution is 2.35. The van der Waals surface area contributed by atoms with Gasteiger partial charge in [0.1, 0.15) is 61.6 Å². The Balaban J connectivity index is 1.31. The average molecular weight is 495 g/mol. The molecule has 35 heavy (non-hydrogen) atoms. The molecule has 0 aliphatic carbocycles. The van der Waals surface area contributed by atoms with E-state index in [2.05, 4.69) is 0 Å². The molecule has 0 heterocycles. The summed E-state index contributed by atoms with van der Waals surface area (Å²) in [5, 5.41) is 22.5. The minimum Gasteiger partial charge on any atom is -0.491 e. The zero-order valence-electron chi connectivity index (χ0n) is 19.0. The van der Waals surface area contributed by atoms with Gasteiger partial charge in [-0.25, -0.2) is 0 Å². The molecule has 7 heteroatoms. The number of aliphatic hydroxyl groups is 2. The maximum absolute atomic E-state index is 10.2. The molecule has 0 bridgehead atoms. The first-order valence-corrected chi connectivity index (χ1v) is 11.7. The van der Waals surface area contributed by atoms with E-state index in [4.69, 9.17) is 30.5 Å². The van der Waals surface area contributed by atoms with E-state index in [9.17, 15) is 10.2 Å². The van der Waals surface area contributed by atoms with Crippen LogP contribution in [0.3, 0.4) is 0 Å². The Morgan fingerprint density at radius 1 is 0.571 bits per heavy atom. The molecule has 6 nitrogen and oxygen atoms in total. The summed E-state index contributed by atoms with van der Waals surface area (Å²) in [6.07, 6.45) is -1.62. The minimum absolute atomic E-state index is 0.0296. The van der Waals surface area contributed by atoms with Crippen molar-refractivity contribution in [2.45, 2.75) is 12.2 Å². The van der Waals surface area contributed by atoms with Crippen molar-refractivity contribution in [2.24, 2.45) is 0 Å². The lowest BCUT2D eigenvalue weighted by atomic mass is 10.1. The highest BCUT2D eigenvalue weighted by atomic mass is 35.5. The van der Waals surface area contributed by atoms with Crippen molar-refractivity contribution in [3.05, 3.63) is 96.0 Å². The highest BCUT2D eigenvalue weighted by Gasteiger charge is 2.13. The number of para-hydroxylation sites is 2. The zero-order chi connectivity index (χ0) is 24.5. The van der Waals surface area contributed by atoms with Crippen LogP contribution in [0.4, 0.5) is 0 Å². The van der Waals surface area contributed by atoms with E-state index in [1.165, 1.54) is 0 Å². The number of ether oxygens (including phenoxy) is 4. The molecule has 0 amide bonds. The first-order valence-electron chi connectivity index (χ1n) is 11.3. The first-order chi connectivity index (χ1) is 17.1. The van der Waals surface area contributed by atoms with Crippen molar-refractivity contribution in [2.75, 3.05) is 26.4 Å². The molecule has 0 saturated carbocycles. The van der Waals surface area contributed by atoms with Crippen LogP contribution in [0.2, 0.25) is 5.02 Å².